The highest BCUT2D eigenvalue weighted by molar-refractivity contribution is 5.73. The number of carbonyl (C=O) groups is 1. The van der Waals surface area contributed by atoms with Crippen molar-refractivity contribution in [3.63, 3.8) is 0 Å². The van der Waals surface area contributed by atoms with Gasteiger partial charge in [-0.25, -0.2) is 9.78 Å². The van der Waals surface area contributed by atoms with E-state index < -0.39 is 24.2 Å². The van der Waals surface area contributed by atoms with Crippen LogP contribution in [0.4, 0.5) is 32.2 Å². The lowest BCUT2D eigenvalue weighted by molar-refractivity contribution is -0.192. The molecule has 0 atom stereocenters. The molecule has 0 unspecified atom stereocenters. The Morgan fingerprint density at radius 2 is 1.74 bits per heavy atom. The lowest BCUT2D eigenvalue weighted by Crippen LogP contribution is -2.58. The van der Waals surface area contributed by atoms with Crippen molar-refractivity contribution in [2.45, 2.75) is 25.2 Å². The topological polar surface area (TPSA) is 104 Å². The van der Waals surface area contributed by atoms with Crippen LogP contribution in [0.2, 0.25) is 0 Å². The van der Waals surface area contributed by atoms with Crippen molar-refractivity contribution in [2.24, 2.45) is 5.41 Å². The second-order valence-corrected chi connectivity index (χ2v) is 7.22. The van der Waals surface area contributed by atoms with Gasteiger partial charge in [-0.1, -0.05) is 5.16 Å². The second-order valence-electron chi connectivity index (χ2n) is 7.22. The molecule has 31 heavy (non-hydrogen) atoms. The second kappa shape index (κ2) is 8.32. The van der Waals surface area contributed by atoms with E-state index in [1.165, 1.54) is 6.20 Å². The molecule has 4 rings (SSSR count). The van der Waals surface area contributed by atoms with Gasteiger partial charge >= 0.3 is 24.2 Å². The molecule has 2 N–H and O–H groups in total. The zero-order valence-electron chi connectivity index (χ0n) is 15.8. The Balaban J connectivity index is 0.000000339. The summed E-state index contributed by atoms with van der Waals surface area (Å²) >= 11 is 0. The molecule has 1 spiro atoms. The van der Waals surface area contributed by atoms with Crippen LogP contribution in [0, 0.1) is 5.41 Å². The number of rotatable bonds is 2. The van der Waals surface area contributed by atoms with Crippen molar-refractivity contribution >= 4 is 11.8 Å². The van der Waals surface area contributed by atoms with Gasteiger partial charge in [0.25, 0.3) is 0 Å². The monoisotopic (exact) mass is 453 g/mol. The molecule has 0 amide bonds. The molecule has 8 nitrogen and oxygen atoms in total. The van der Waals surface area contributed by atoms with E-state index in [9.17, 15) is 26.3 Å². The number of pyridine rings is 1. The lowest BCUT2D eigenvalue weighted by Gasteiger charge is -2.48. The average Bonchev–Trinajstić information content (AvgIpc) is 3.17. The summed E-state index contributed by atoms with van der Waals surface area (Å²) in [4.78, 5) is 18.8. The Morgan fingerprint density at radius 3 is 2.13 bits per heavy atom. The Morgan fingerprint density at radius 1 is 1.13 bits per heavy atom. The number of halogens is 6. The number of aliphatic carboxylic acids is 1. The van der Waals surface area contributed by atoms with Crippen LogP contribution in [0.25, 0.3) is 11.4 Å². The summed E-state index contributed by atoms with van der Waals surface area (Å²) in [6.07, 6.45) is -5.99. The molecular weight excluding hydrogens is 436 g/mol. The molecule has 4 heterocycles. The van der Waals surface area contributed by atoms with Crippen molar-refractivity contribution in [1.82, 2.24) is 20.4 Å². The van der Waals surface area contributed by atoms with Gasteiger partial charge in [0.05, 0.1) is 0 Å². The molecule has 0 bridgehead atoms. The number of aromatic nitrogens is 3. The van der Waals surface area contributed by atoms with E-state index in [-0.39, 0.29) is 5.82 Å². The predicted octanol–water partition coefficient (Wildman–Crippen LogP) is 2.97. The van der Waals surface area contributed by atoms with Crippen molar-refractivity contribution < 1.29 is 40.8 Å². The number of alkyl halides is 6. The first-order chi connectivity index (χ1) is 14.4. The SMILES string of the molecule is FC(F)(F)c1nc(-c2ccc(N3CCC4(CC3)CNC4)nc2)no1.O=C(O)C(F)(F)F. The lowest BCUT2D eigenvalue weighted by atomic mass is 9.73. The van der Waals surface area contributed by atoms with Crippen LogP contribution in [0.5, 0.6) is 0 Å². The van der Waals surface area contributed by atoms with E-state index in [0.717, 1.165) is 44.8 Å². The van der Waals surface area contributed by atoms with Gasteiger partial charge in [0.2, 0.25) is 5.82 Å². The van der Waals surface area contributed by atoms with E-state index >= 15 is 0 Å². The van der Waals surface area contributed by atoms with Crippen LogP contribution < -0.4 is 10.2 Å². The molecule has 2 aromatic heterocycles. The van der Waals surface area contributed by atoms with Crippen molar-refractivity contribution in [2.75, 3.05) is 31.1 Å². The summed E-state index contributed by atoms with van der Waals surface area (Å²) in [5, 5.41) is 13.8. The normalized spacial score (nSPS) is 18.2. The number of carboxylic acid groups (broad SMARTS) is 1. The van der Waals surface area contributed by atoms with Crippen molar-refractivity contribution in [3.8, 4) is 11.4 Å². The molecule has 2 aliphatic rings. The summed E-state index contributed by atoms with van der Waals surface area (Å²) < 4.78 is 73.5. The van der Waals surface area contributed by atoms with Crippen LogP contribution in [0.1, 0.15) is 18.7 Å². The summed E-state index contributed by atoms with van der Waals surface area (Å²) in [5.41, 5.74) is 0.851. The third-order valence-corrected chi connectivity index (χ3v) is 5.07. The number of nitrogens with one attached hydrogen (secondary N) is 1. The molecule has 2 aromatic rings. The Hall–Kier alpha value is -2.90. The average molecular weight is 453 g/mol. The minimum atomic E-state index is -5.08. The third-order valence-electron chi connectivity index (χ3n) is 5.07. The first-order valence-corrected chi connectivity index (χ1v) is 9.03. The number of carboxylic acids is 1. The highest BCUT2D eigenvalue weighted by Crippen LogP contribution is 2.36. The fourth-order valence-electron chi connectivity index (χ4n) is 3.20. The molecule has 0 radical (unpaired) electrons. The molecule has 0 aliphatic carbocycles. The van der Waals surface area contributed by atoms with Crippen LogP contribution in [0.3, 0.4) is 0 Å². The molecule has 14 heteroatoms. The molecular formula is C17H17F6N5O3. The Kier molecular flexibility index (Phi) is 6.11. The van der Waals surface area contributed by atoms with Gasteiger partial charge in [0.1, 0.15) is 5.82 Å². The van der Waals surface area contributed by atoms with Gasteiger partial charge < -0.3 is 19.8 Å². The summed E-state index contributed by atoms with van der Waals surface area (Å²) in [6, 6.07) is 3.46. The number of anilines is 1. The number of hydrogen-bond acceptors (Lipinski definition) is 7. The Labute approximate surface area is 171 Å². The first-order valence-electron chi connectivity index (χ1n) is 9.03. The van der Waals surface area contributed by atoms with Crippen LogP contribution >= 0.6 is 0 Å². The molecule has 2 fully saturated rings. The van der Waals surface area contributed by atoms with Crippen molar-refractivity contribution in [3.05, 3.63) is 24.2 Å². The van der Waals surface area contributed by atoms with Crippen LogP contribution in [-0.4, -0.2) is 58.6 Å². The number of nitrogens with zero attached hydrogens (tertiary/aromatic N) is 4. The summed E-state index contributed by atoms with van der Waals surface area (Å²) in [7, 11) is 0. The fourth-order valence-corrected chi connectivity index (χ4v) is 3.20. The fraction of sp³-hybridized carbons (Fsp3) is 0.529. The van der Waals surface area contributed by atoms with Gasteiger partial charge in [-0.3, -0.25) is 0 Å². The zero-order valence-corrected chi connectivity index (χ0v) is 15.8. The maximum absolute atomic E-state index is 12.5. The van der Waals surface area contributed by atoms with Gasteiger partial charge in [-0.2, -0.15) is 31.3 Å². The van der Waals surface area contributed by atoms with Crippen LogP contribution in [0.15, 0.2) is 22.9 Å². The van der Waals surface area contributed by atoms with Gasteiger partial charge in [0, 0.05) is 37.9 Å². The van der Waals surface area contributed by atoms with Gasteiger partial charge in [-0.15, -0.1) is 0 Å². The minimum absolute atomic E-state index is 0.112. The number of hydrogen-bond donors (Lipinski definition) is 2. The zero-order chi connectivity index (χ0) is 22.9. The van der Waals surface area contributed by atoms with Crippen LogP contribution in [-0.2, 0) is 11.0 Å². The predicted molar refractivity (Wildman–Crippen MR) is 93.0 cm³/mol. The Bertz CT molecular complexity index is 898. The standard InChI is InChI=1S/C15H16F3N5O.C2HF3O2/c16-15(17,18)13-21-12(22-24-13)10-1-2-11(20-7-10)23-5-3-14(4-6-23)8-19-9-14;3-2(4,5)1(6)7/h1-2,7,19H,3-6,8-9H2;(H,6,7). The first kappa shape index (κ1) is 22.8. The van der Waals surface area contributed by atoms with E-state index in [2.05, 4.69) is 29.9 Å². The molecule has 0 aromatic carbocycles. The maximum Gasteiger partial charge on any atom is 0.490 e. The highest BCUT2D eigenvalue weighted by Gasteiger charge is 2.40. The smallest absolute Gasteiger partial charge is 0.475 e. The molecule has 2 saturated heterocycles. The molecule has 0 saturated carbocycles. The molecule has 2 aliphatic heterocycles. The summed E-state index contributed by atoms with van der Waals surface area (Å²) in [6.45, 7) is 4.06. The minimum Gasteiger partial charge on any atom is -0.475 e. The van der Waals surface area contributed by atoms with E-state index in [4.69, 9.17) is 9.90 Å². The van der Waals surface area contributed by atoms with E-state index in [1.807, 2.05) is 0 Å². The largest absolute Gasteiger partial charge is 0.490 e. The van der Waals surface area contributed by atoms with Gasteiger partial charge in [0.15, 0.2) is 0 Å². The molecule has 170 valence electrons. The maximum atomic E-state index is 12.5. The quantitative estimate of drug-likeness (QED) is 0.669. The van der Waals surface area contributed by atoms with Crippen molar-refractivity contribution in [1.29, 1.82) is 0 Å². The highest BCUT2D eigenvalue weighted by atomic mass is 19.4. The summed E-state index contributed by atoms with van der Waals surface area (Å²) in [5.74, 6) is -3.40. The number of piperidine rings is 1. The van der Waals surface area contributed by atoms with Gasteiger partial charge in [-0.05, 0) is 30.4 Å². The third kappa shape index (κ3) is 5.42. The van der Waals surface area contributed by atoms with E-state index in [1.54, 1.807) is 12.1 Å². The van der Waals surface area contributed by atoms with E-state index in [0.29, 0.717) is 11.0 Å².